The van der Waals surface area contributed by atoms with Crippen LogP contribution in [-0.2, 0) is 67.0 Å². The van der Waals surface area contributed by atoms with Gasteiger partial charge in [0.05, 0.1) is 26.4 Å². The van der Waals surface area contributed by atoms with Crippen molar-refractivity contribution in [2.45, 2.75) is 306 Å². The van der Waals surface area contributed by atoms with Crippen LogP contribution in [0.1, 0.15) is 328 Å². The van der Waals surface area contributed by atoms with Crippen LogP contribution in [0.3, 0.4) is 0 Å². The van der Waals surface area contributed by atoms with Gasteiger partial charge in [-0.05, 0) is 119 Å². The quantitative estimate of drug-likeness (QED) is 0.0187. The molecular formula is C76H118I2NiO4S4-4. The van der Waals surface area contributed by atoms with Gasteiger partial charge in [-0.1, -0.05) is 317 Å². The molecule has 0 aliphatic carbocycles. The van der Waals surface area contributed by atoms with E-state index in [0.717, 1.165) is 84.1 Å². The average Bonchev–Trinajstić information content (AvgIpc) is 3.26. The summed E-state index contributed by atoms with van der Waals surface area (Å²) >= 11 is 28.3. The first-order valence-electron chi connectivity index (χ1n) is 35.1. The molecule has 0 fully saturated rings. The van der Waals surface area contributed by atoms with Gasteiger partial charge < -0.3 is 69.5 Å². The van der Waals surface area contributed by atoms with Crippen LogP contribution in [0.4, 0.5) is 0 Å². The summed E-state index contributed by atoms with van der Waals surface area (Å²) in [5, 5.41) is -0.739. The molecule has 0 aromatic heterocycles. The van der Waals surface area contributed by atoms with E-state index in [2.05, 4.69) is 158 Å². The fraction of sp³-hybridized carbons (Fsp3) is 0.684. The van der Waals surface area contributed by atoms with Gasteiger partial charge in [-0.15, -0.1) is 0 Å². The fourth-order valence-corrected chi connectivity index (χ4v) is 12.9. The van der Waals surface area contributed by atoms with Gasteiger partial charge in [0.2, 0.25) is 0 Å². The number of unbranched alkanes of at least 4 members (excludes halogenated alkanes) is 36. The van der Waals surface area contributed by atoms with Crippen LogP contribution in [0.2, 0.25) is 0 Å². The molecule has 0 saturated carbocycles. The third kappa shape index (κ3) is 40.3. The Hall–Kier alpha value is -0.566. The zero-order valence-electron chi connectivity index (χ0n) is 54.8. The van der Waals surface area contributed by atoms with Gasteiger partial charge >= 0.3 is 0 Å². The minimum absolute atomic E-state index is 0. The number of benzene rings is 4. The Morgan fingerprint density at radius 3 is 0.667 bits per heavy atom. The maximum absolute atomic E-state index is 6.35. The molecule has 0 saturated heterocycles. The van der Waals surface area contributed by atoms with Gasteiger partial charge in [0.25, 0.3) is 0 Å². The Kier molecular flexibility index (Phi) is 54.0. The number of hydrogen-bond donors (Lipinski definition) is 0. The van der Waals surface area contributed by atoms with Crippen LogP contribution in [0.5, 0.6) is 23.0 Å². The molecule has 4 atom stereocenters. The number of rotatable bonds is 54. The van der Waals surface area contributed by atoms with Crippen LogP contribution >= 0.6 is 45.2 Å². The summed E-state index contributed by atoms with van der Waals surface area (Å²) in [7, 11) is 0. The summed E-state index contributed by atoms with van der Waals surface area (Å²) < 4.78 is 27.6. The molecule has 0 aliphatic rings. The summed E-state index contributed by atoms with van der Waals surface area (Å²) in [6.45, 7) is 12.0. The normalized spacial score (nSPS) is 12.6. The zero-order valence-corrected chi connectivity index (χ0v) is 63.4. The summed E-state index contributed by atoms with van der Waals surface area (Å²) in [4.78, 5) is 0. The molecule has 4 rings (SSSR count). The second-order valence-corrected chi connectivity index (χ2v) is 28.8. The predicted molar refractivity (Wildman–Crippen MR) is 401 cm³/mol. The van der Waals surface area contributed by atoms with E-state index in [1.165, 1.54) is 238 Å². The van der Waals surface area contributed by atoms with Crippen molar-refractivity contribution in [1.82, 2.24) is 0 Å². The van der Waals surface area contributed by atoms with E-state index in [4.69, 9.17) is 69.5 Å². The molecule has 0 radical (unpaired) electrons. The maximum Gasteiger partial charge on any atom is 0.161 e. The van der Waals surface area contributed by atoms with E-state index in [9.17, 15) is 0 Å². The van der Waals surface area contributed by atoms with Gasteiger partial charge in [0.1, 0.15) is 0 Å². The standard InChI is InChI=1S/2C38H61IO2S2.Ni/c2*1-3-5-7-9-11-13-15-17-19-21-29-40-35-28-25-33(38(43)37(42)32-23-26-34(39)27-24-32)31-36(35)41-30-22-20-18-16-14-12-10-8-6-4-2;/h2*23-28,31,37-38,42-43H,3-22,29-30H2,1-2H3;/p-4. The molecule has 4 aromatic carbocycles. The minimum atomic E-state index is -0.203. The first-order valence-corrected chi connectivity index (χ1v) is 39.1. The van der Waals surface area contributed by atoms with Crippen LogP contribution in [0, 0.1) is 7.14 Å². The summed E-state index contributed by atoms with van der Waals surface area (Å²) in [5.74, 6) is 3.31. The topological polar surface area (TPSA) is 36.9 Å². The molecule has 4 nitrogen and oxygen atoms in total. The Bertz CT molecular complexity index is 2030. The number of ether oxygens (including phenoxy) is 4. The van der Waals surface area contributed by atoms with Crippen molar-refractivity contribution in [3.63, 3.8) is 0 Å². The molecule has 0 N–H and O–H groups in total. The van der Waals surface area contributed by atoms with E-state index in [1.54, 1.807) is 0 Å². The molecule has 0 spiro atoms. The third-order valence-electron chi connectivity index (χ3n) is 16.6. The Labute approximate surface area is 594 Å². The summed E-state index contributed by atoms with van der Waals surface area (Å²) in [5.41, 5.74) is 4.28. The predicted octanol–water partition coefficient (Wildman–Crippen LogP) is 25.5. The molecule has 11 heteroatoms. The van der Waals surface area contributed by atoms with E-state index in [1.807, 2.05) is 0 Å². The van der Waals surface area contributed by atoms with Gasteiger partial charge in [0, 0.05) is 23.6 Å². The largest absolute Gasteiger partial charge is 0.786 e. The van der Waals surface area contributed by atoms with E-state index < -0.39 is 0 Å². The van der Waals surface area contributed by atoms with Crippen molar-refractivity contribution in [3.8, 4) is 23.0 Å². The summed E-state index contributed by atoms with van der Waals surface area (Å²) in [6, 6.07) is 29.3. The Morgan fingerprint density at radius 2 is 0.437 bits per heavy atom. The third-order valence-corrected chi connectivity index (χ3v) is 20.5. The molecule has 498 valence electrons. The van der Waals surface area contributed by atoms with Gasteiger partial charge in [0.15, 0.2) is 23.0 Å². The van der Waals surface area contributed by atoms with Crippen LogP contribution < -0.4 is 18.9 Å². The second kappa shape index (κ2) is 56.9. The Balaban J connectivity index is 0.000000587. The van der Waals surface area contributed by atoms with Crippen molar-refractivity contribution in [1.29, 1.82) is 0 Å². The number of hydrogen-bond acceptors (Lipinski definition) is 8. The summed E-state index contributed by atoms with van der Waals surface area (Å²) in [6.07, 6.45) is 52.8. The Morgan fingerprint density at radius 1 is 0.253 bits per heavy atom. The van der Waals surface area contributed by atoms with Crippen molar-refractivity contribution >= 4 is 95.7 Å². The molecule has 0 aliphatic heterocycles. The maximum atomic E-state index is 6.35. The van der Waals surface area contributed by atoms with Crippen molar-refractivity contribution in [2.75, 3.05) is 26.4 Å². The first kappa shape index (κ1) is 82.5. The van der Waals surface area contributed by atoms with E-state index in [-0.39, 0.29) is 37.5 Å². The van der Waals surface area contributed by atoms with E-state index >= 15 is 0 Å². The van der Waals surface area contributed by atoms with Crippen LogP contribution in [0.15, 0.2) is 84.9 Å². The second-order valence-electron chi connectivity index (χ2n) is 24.3. The molecule has 4 unspecified atom stereocenters. The minimum Gasteiger partial charge on any atom is -0.786 e. The monoisotopic (exact) mass is 1530 g/mol. The molecule has 87 heavy (non-hydrogen) atoms. The van der Waals surface area contributed by atoms with E-state index in [0.29, 0.717) is 13.2 Å². The van der Waals surface area contributed by atoms with Crippen molar-refractivity contribution in [2.24, 2.45) is 0 Å². The molecule has 0 bridgehead atoms. The molecule has 0 heterocycles. The fourth-order valence-electron chi connectivity index (χ4n) is 11.0. The van der Waals surface area contributed by atoms with Crippen molar-refractivity contribution < 1.29 is 35.4 Å². The smallest absolute Gasteiger partial charge is 0.161 e. The van der Waals surface area contributed by atoms with Gasteiger partial charge in [-0.2, -0.15) is 21.0 Å². The number of halogens is 2. The van der Waals surface area contributed by atoms with Gasteiger partial charge in [-0.3, -0.25) is 0 Å². The average molecular weight is 1540 g/mol. The van der Waals surface area contributed by atoms with Crippen molar-refractivity contribution in [3.05, 3.63) is 114 Å². The SMILES string of the molecule is CCCCCCCCCCCCOc1ccc(C([S-])C([S-])c2ccc(I)cc2)cc1OCCCCCCCCCCCC.CCCCCCCCCCCCOc1ccc(C([S-])C([S-])c2ccc(I)cc2)cc1OCCCCCCCCCCCC.[Ni]. The zero-order chi connectivity index (χ0) is 61.9. The van der Waals surface area contributed by atoms with Crippen LogP contribution in [-0.4, -0.2) is 26.4 Å². The van der Waals surface area contributed by atoms with Crippen LogP contribution in [0.25, 0.3) is 0 Å². The molecular weight excluding hydrogens is 1420 g/mol. The molecule has 0 amide bonds. The molecule has 4 aromatic rings. The van der Waals surface area contributed by atoms with Gasteiger partial charge in [-0.25, -0.2) is 0 Å². The first-order chi connectivity index (χ1) is 42.1.